The Morgan fingerprint density at radius 1 is 1.67 bits per heavy atom. The van der Waals surface area contributed by atoms with Gasteiger partial charge in [-0.25, -0.2) is 4.98 Å². The second kappa shape index (κ2) is 6.53. The largest absolute Gasteiger partial charge is 0.481 e. The van der Waals surface area contributed by atoms with Crippen LogP contribution in [0.3, 0.4) is 0 Å². The fourth-order valence-electron chi connectivity index (χ4n) is 1.17. The summed E-state index contributed by atoms with van der Waals surface area (Å²) in [5.41, 5.74) is 1.05. The van der Waals surface area contributed by atoms with Crippen molar-refractivity contribution in [2.24, 2.45) is 0 Å². The Bertz CT molecular complexity index is 312. The molecular formula is C10H16N2O2S. The van der Waals surface area contributed by atoms with Crippen LogP contribution in [0, 0.1) is 0 Å². The van der Waals surface area contributed by atoms with E-state index in [0.29, 0.717) is 6.42 Å². The van der Waals surface area contributed by atoms with Gasteiger partial charge in [0.2, 0.25) is 0 Å². The van der Waals surface area contributed by atoms with E-state index in [0.717, 1.165) is 30.2 Å². The summed E-state index contributed by atoms with van der Waals surface area (Å²) in [5, 5.41) is 14.8. The first-order chi connectivity index (χ1) is 7.22. The third kappa shape index (κ3) is 4.90. The number of aliphatic carboxylic acids is 1. The minimum atomic E-state index is -0.737. The predicted octanol–water partition coefficient (Wildman–Crippen LogP) is 1.66. The zero-order valence-corrected chi connectivity index (χ0v) is 9.64. The van der Waals surface area contributed by atoms with E-state index in [9.17, 15) is 4.79 Å². The Labute approximate surface area is 93.4 Å². The molecule has 4 nitrogen and oxygen atoms in total. The summed E-state index contributed by atoms with van der Waals surface area (Å²) < 4.78 is 0. The van der Waals surface area contributed by atoms with Crippen LogP contribution >= 0.6 is 11.3 Å². The molecule has 2 N–H and O–H groups in total. The van der Waals surface area contributed by atoms with Crippen molar-refractivity contribution in [1.82, 2.24) is 10.3 Å². The number of carboxylic acids is 1. The maximum Gasteiger partial charge on any atom is 0.303 e. The summed E-state index contributed by atoms with van der Waals surface area (Å²) >= 11 is 1.67. The van der Waals surface area contributed by atoms with Gasteiger partial charge in [0.15, 0.2) is 0 Å². The standard InChI is InChI=1S/C10H16N2O2S/c1-2-9-12-8(7-15-9)6-11-5-3-4-10(13)14/h7,11H,2-6H2,1H3,(H,13,14). The van der Waals surface area contributed by atoms with Gasteiger partial charge in [0.05, 0.1) is 10.7 Å². The molecule has 0 aliphatic heterocycles. The van der Waals surface area contributed by atoms with E-state index < -0.39 is 5.97 Å². The number of nitrogens with one attached hydrogen (secondary N) is 1. The molecule has 1 aromatic heterocycles. The molecule has 0 radical (unpaired) electrons. The molecule has 0 bridgehead atoms. The third-order valence-corrected chi connectivity index (χ3v) is 2.99. The molecule has 0 aliphatic carbocycles. The van der Waals surface area contributed by atoms with E-state index in [-0.39, 0.29) is 6.42 Å². The van der Waals surface area contributed by atoms with Crippen molar-refractivity contribution >= 4 is 17.3 Å². The first kappa shape index (κ1) is 12.1. The number of carboxylic acid groups (broad SMARTS) is 1. The topological polar surface area (TPSA) is 62.2 Å². The summed E-state index contributed by atoms with van der Waals surface area (Å²) in [6, 6.07) is 0. The molecule has 0 spiro atoms. The number of aryl methyl sites for hydroxylation is 1. The highest BCUT2D eigenvalue weighted by molar-refractivity contribution is 7.09. The van der Waals surface area contributed by atoms with Crippen LogP contribution in [-0.4, -0.2) is 22.6 Å². The molecule has 0 aromatic carbocycles. The monoisotopic (exact) mass is 228 g/mol. The van der Waals surface area contributed by atoms with Gasteiger partial charge >= 0.3 is 5.97 Å². The molecular weight excluding hydrogens is 212 g/mol. The van der Waals surface area contributed by atoms with E-state index in [1.165, 1.54) is 0 Å². The maximum absolute atomic E-state index is 10.2. The van der Waals surface area contributed by atoms with Crippen molar-refractivity contribution in [3.63, 3.8) is 0 Å². The first-order valence-corrected chi connectivity index (χ1v) is 5.96. The Morgan fingerprint density at radius 3 is 3.07 bits per heavy atom. The van der Waals surface area contributed by atoms with Crippen LogP contribution in [0.2, 0.25) is 0 Å². The van der Waals surface area contributed by atoms with Crippen LogP contribution in [0.1, 0.15) is 30.5 Å². The van der Waals surface area contributed by atoms with Gasteiger partial charge in [0, 0.05) is 18.3 Å². The van der Waals surface area contributed by atoms with Crippen molar-refractivity contribution in [3.05, 3.63) is 16.1 Å². The second-order valence-corrected chi connectivity index (χ2v) is 4.20. The van der Waals surface area contributed by atoms with Gasteiger partial charge in [-0.3, -0.25) is 4.79 Å². The van der Waals surface area contributed by atoms with Crippen LogP contribution in [0.15, 0.2) is 5.38 Å². The second-order valence-electron chi connectivity index (χ2n) is 3.26. The van der Waals surface area contributed by atoms with Crippen molar-refractivity contribution < 1.29 is 9.90 Å². The fourth-order valence-corrected chi connectivity index (χ4v) is 1.92. The van der Waals surface area contributed by atoms with Gasteiger partial charge in [0.1, 0.15) is 0 Å². The van der Waals surface area contributed by atoms with E-state index in [2.05, 4.69) is 17.2 Å². The molecule has 1 aromatic rings. The molecule has 0 aliphatic rings. The van der Waals surface area contributed by atoms with Crippen LogP contribution in [0.5, 0.6) is 0 Å². The summed E-state index contributed by atoms with van der Waals surface area (Å²) in [7, 11) is 0. The third-order valence-electron chi connectivity index (χ3n) is 1.95. The summed E-state index contributed by atoms with van der Waals surface area (Å²) in [4.78, 5) is 14.6. The normalized spacial score (nSPS) is 10.5. The van der Waals surface area contributed by atoms with E-state index in [1.807, 2.05) is 5.38 Å². The number of hydrogen-bond acceptors (Lipinski definition) is 4. The highest BCUT2D eigenvalue weighted by Gasteiger charge is 2.00. The molecule has 1 heterocycles. The van der Waals surface area contributed by atoms with Crippen LogP contribution in [0.4, 0.5) is 0 Å². The maximum atomic E-state index is 10.2. The number of thiazole rings is 1. The molecule has 0 amide bonds. The lowest BCUT2D eigenvalue weighted by molar-refractivity contribution is -0.137. The number of nitrogens with zero attached hydrogens (tertiary/aromatic N) is 1. The van der Waals surface area contributed by atoms with Crippen LogP contribution in [0.25, 0.3) is 0 Å². The quantitative estimate of drug-likeness (QED) is 0.697. The Hall–Kier alpha value is -0.940. The van der Waals surface area contributed by atoms with Gasteiger partial charge in [-0.1, -0.05) is 6.92 Å². The van der Waals surface area contributed by atoms with Gasteiger partial charge in [-0.05, 0) is 19.4 Å². The molecule has 0 unspecified atom stereocenters. The van der Waals surface area contributed by atoms with Crippen molar-refractivity contribution in [3.8, 4) is 0 Å². The number of hydrogen-bond donors (Lipinski definition) is 2. The minimum absolute atomic E-state index is 0.226. The number of carbonyl (C=O) groups is 1. The Balaban J connectivity index is 2.12. The predicted molar refractivity (Wildman–Crippen MR) is 60.1 cm³/mol. The van der Waals surface area contributed by atoms with Crippen LogP contribution < -0.4 is 5.32 Å². The SMILES string of the molecule is CCc1nc(CNCCCC(=O)O)cs1. The average Bonchev–Trinajstić information content (AvgIpc) is 2.65. The lowest BCUT2D eigenvalue weighted by atomic mass is 10.3. The molecule has 0 fully saturated rings. The molecule has 15 heavy (non-hydrogen) atoms. The van der Waals surface area contributed by atoms with Crippen molar-refractivity contribution in [1.29, 1.82) is 0 Å². The van der Waals surface area contributed by atoms with Crippen LogP contribution in [-0.2, 0) is 17.8 Å². The van der Waals surface area contributed by atoms with Crippen molar-refractivity contribution in [2.45, 2.75) is 32.7 Å². The number of rotatable bonds is 7. The highest BCUT2D eigenvalue weighted by Crippen LogP contribution is 2.09. The lowest BCUT2D eigenvalue weighted by Crippen LogP contribution is -2.15. The Morgan fingerprint density at radius 2 is 2.47 bits per heavy atom. The summed E-state index contributed by atoms with van der Waals surface area (Å²) in [5.74, 6) is -0.737. The fraction of sp³-hybridized carbons (Fsp3) is 0.600. The van der Waals surface area contributed by atoms with E-state index >= 15 is 0 Å². The molecule has 0 saturated heterocycles. The lowest BCUT2D eigenvalue weighted by Gasteiger charge is -2.00. The molecule has 0 saturated carbocycles. The molecule has 84 valence electrons. The average molecular weight is 228 g/mol. The van der Waals surface area contributed by atoms with Gasteiger partial charge in [0.25, 0.3) is 0 Å². The highest BCUT2D eigenvalue weighted by atomic mass is 32.1. The zero-order chi connectivity index (χ0) is 11.1. The first-order valence-electron chi connectivity index (χ1n) is 5.08. The summed E-state index contributed by atoms with van der Waals surface area (Å²) in [6.07, 6.45) is 1.87. The van der Waals surface area contributed by atoms with Gasteiger partial charge < -0.3 is 10.4 Å². The molecule has 1 rings (SSSR count). The Kier molecular flexibility index (Phi) is 5.28. The zero-order valence-electron chi connectivity index (χ0n) is 8.82. The van der Waals surface area contributed by atoms with E-state index in [4.69, 9.17) is 5.11 Å². The van der Waals surface area contributed by atoms with Gasteiger partial charge in [-0.2, -0.15) is 0 Å². The summed E-state index contributed by atoms with van der Waals surface area (Å²) in [6.45, 7) is 3.55. The molecule has 5 heteroatoms. The minimum Gasteiger partial charge on any atom is -0.481 e. The number of aromatic nitrogens is 1. The van der Waals surface area contributed by atoms with Crippen molar-refractivity contribution in [2.75, 3.05) is 6.54 Å². The van der Waals surface area contributed by atoms with E-state index in [1.54, 1.807) is 11.3 Å². The molecule has 0 atom stereocenters. The smallest absolute Gasteiger partial charge is 0.303 e. The van der Waals surface area contributed by atoms with Gasteiger partial charge in [-0.15, -0.1) is 11.3 Å².